The number of quaternary nitrogens is 1. The zero-order chi connectivity index (χ0) is 21.5. The highest BCUT2D eigenvalue weighted by Crippen LogP contribution is 2.25. The van der Waals surface area contributed by atoms with E-state index in [0.29, 0.717) is 31.2 Å². The molecular weight excluding hydrogens is 406 g/mol. The van der Waals surface area contributed by atoms with Gasteiger partial charge in [-0.2, -0.15) is 5.48 Å². The number of aromatic carboxylic acids is 1. The number of piperidine rings is 1. The molecule has 1 aromatic heterocycles. The lowest BCUT2D eigenvalue weighted by Gasteiger charge is -2.32. The average Bonchev–Trinajstić information content (AvgIpc) is 3.18. The second-order valence-electron chi connectivity index (χ2n) is 7.07. The Morgan fingerprint density at radius 1 is 1.33 bits per heavy atom. The topological polar surface area (TPSA) is 134 Å². The number of hydrogen-bond acceptors (Lipinski definition) is 5. The van der Waals surface area contributed by atoms with Crippen LogP contribution in [0.5, 0.6) is 0 Å². The molecule has 2 heterocycles. The second-order valence-corrected chi connectivity index (χ2v) is 7.81. The number of rotatable bonds is 7. The molecule has 0 atom stereocenters. The van der Waals surface area contributed by atoms with Crippen LogP contribution in [0.3, 0.4) is 0 Å². The third-order valence-electron chi connectivity index (χ3n) is 5.00. The number of benzene rings is 1. The number of carboxylic acids is 1. The van der Waals surface area contributed by atoms with Gasteiger partial charge in [0, 0.05) is 36.3 Å². The van der Waals surface area contributed by atoms with Gasteiger partial charge in [-0.15, -0.1) is 11.3 Å². The minimum Gasteiger partial charge on any atom is -0.478 e. The van der Waals surface area contributed by atoms with Crippen LogP contribution in [0.15, 0.2) is 40.0 Å². The zero-order valence-corrected chi connectivity index (χ0v) is 17.5. The van der Waals surface area contributed by atoms with Gasteiger partial charge in [-0.3, -0.25) is 4.79 Å². The molecular formula is C20H26N5O4S+. The van der Waals surface area contributed by atoms with E-state index in [-0.39, 0.29) is 17.4 Å². The van der Waals surface area contributed by atoms with E-state index in [9.17, 15) is 9.59 Å². The summed E-state index contributed by atoms with van der Waals surface area (Å²) in [6, 6.07) is 7.59. The first-order chi connectivity index (χ1) is 14.5. The Kier molecular flexibility index (Phi) is 7.39. The summed E-state index contributed by atoms with van der Waals surface area (Å²) in [6.45, 7) is 1.42. The lowest BCUT2D eigenvalue weighted by molar-refractivity contribution is -0.829. The molecule has 1 fully saturated rings. The number of anilines is 1. The van der Waals surface area contributed by atoms with E-state index in [1.54, 1.807) is 18.0 Å². The molecule has 6 N–H and O–H groups in total. The summed E-state index contributed by atoms with van der Waals surface area (Å²) in [5, 5.41) is 15.0. The van der Waals surface area contributed by atoms with Crippen molar-refractivity contribution in [2.45, 2.75) is 19.3 Å². The Morgan fingerprint density at radius 3 is 2.77 bits per heavy atom. The van der Waals surface area contributed by atoms with Crippen LogP contribution in [0, 0.1) is 5.92 Å². The quantitative estimate of drug-likeness (QED) is 0.228. The number of hydrogen-bond donors (Lipinski definition) is 4. The molecule has 1 saturated heterocycles. The summed E-state index contributed by atoms with van der Waals surface area (Å²) in [6.07, 6.45) is 1.97. The molecule has 1 amide bonds. The van der Waals surface area contributed by atoms with Crippen molar-refractivity contribution in [3.63, 3.8) is 0 Å². The molecule has 1 aliphatic heterocycles. The van der Waals surface area contributed by atoms with E-state index in [4.69, 9.17) is 15.7 Å². The maximum Gasteiger partial charge on any atom is 0.338 e. The maximum absolute atomic E-state index is 12.3. The highest BCUT2D eigenvalue weighted by molar-refractivity contribution is 7.08. The van der Waals surface area contributed by atoms with Crippen LogP contribution >= 0.6 is 11.3 Å². The fraction of sp³-hybridized carbons (Fsp3) is 0.350. The Hall–Kier alpha value is -2.95. The summed E-state index contributed by atoms with van der Waals surface area (Å²) in [5.41, 5.74) is 9.91. The van der Waals surface area contributed by atoms with Crippen molar-refractivity contribution >= 4 is 46.2 Å². The van der Waals surface area contributed by atoms with E-state index >= 15 is 0 Å². The number of nitrogens with zero attached hydrogens (tertiary/aromatic N) is 2. The van der Waals surface area contributed by atoms with Gasteiger partial charge in [0.2, 0.25) is 5.91 Å². The van der Waals surface area contributed by atoms with E-state index < -0.39 is 5.97 Å². The lowest BCUT2D eigenvalue weighted by atomic mass is 9.93. The van der Waals surface area contributed by atoms with Gasteiger partial charge in [-0.1, -0.05) is 12.1 Å². The highest BCUT2D eigenvalue weighted by atomic mass is 32.1. The Bertz CT molecular complexity index is 921. The van der Waals surface area contributed by atoms with Gasteiger partial charge in [0.25, 0.3) is 0 Å². The summed E-state index contributed by atoms with van der Waals surface area (Å²) in [4.78, 5) is 35.1. The lowest BCUT2D eigenvalue weighted by Crippen LogP contribution is -2.75. The van der Waals surface area contributed by atoms with Crippen LogP contribution in [-0.4, -0.2) is 48.0 Å². The van der Waals surface area contributed by atoms with Crippen LogP contribution in [0.4, 0.5) is 17.1 Å². The van der Waals surface area contributed by atoms with E-state index in [1.165, 1.54) is 16.7 Å². The summed E-state index contributed by atoms with van der Waals surface area (Å²) >= 11 is 1.25. The van der Waals surface area contributed by atoms with Crippen molar-refractivity contribution in [2.75, 3.05) is 25.5 Å². The molecule has 0 radical (unpaired) electrons. The first-order valence-corrected chi connectivity index (χ1v) is 10.6. The maximum atomic E-state index is 12.3. The van der Waals surface area contributed by atoms with Crippen molar-refractivity contribution in [2.24, 2.45) is 16.6 Å². The number of likely N-dealkylation sites (tertiary alicyclic amines) is 1. The van der Waals surface area contributed by atoms with Gasteiger partial charge in [0.05, 0.1) is 18.4 Å². The molecule has 0 bridgehead atoms. The van der Waals surface area contributed by atoms with Gasteiger partial charge in [-0.25, -0.2) is 14.6 Å². The molecule has 1 aliphatic rings. The average molecular weight is 433 g/mol. The van der Waals surface area contributed by atoms with E-state index in [2.05, 4.69) is 10.3 Å². The summed E-state index contributed by atoms with van der Waals surface area (Å²) in [7, 11) is 1.59. The van der Waals surface area contributed by atoms with Crippen LogP contribution in [0.2, 0.25) is 0 Å². The number of carbonyl (C=O) groups excluding carboxylic acids is 1. The van der Waals surface area contributed by atoms with Crippen molar-refractivity contribution in [1.29, 1.82) is 0 Å². The SMILES string of the molecule is CO[NH2+]c1ccccc1N=C(N)N1CCC(CC(=O)Nc2cscc2C(=O)O)CC1. The van der Waals surface area contributed by atoms with Crippen LogP contribution in [-0.2, 0) is 9.63 Å². The number of carbonyl (C=O) groups is 2. The smallest absolute Gasteiger partial charge is 0.338 e. The third-order valence-corrected chi connectivity index (χ3v) is 5.74. The summed E-state index contributed by atoms with van der Waals surface area (Å²) in [5.74, 6) is -0.548. The number of guanidine groups is 1. The summed E-state index contributed by atoms with van der Waals surface area (Å²) < 4.78 is 0. The molecule has 1 aromatic carbocycles. The molecule has 0 saturated carbocycles. The van der Waals surface area contributed by atoms with Gasteiger partial charge in [-0.05, 0) is 24.8 Å². The van der Waals surface area contributed by atoms with Crippen LogP contribution < -0.4 is 16.5 Å². The number of aliphatic imine (C=N–C) groups is 1. The zero-order valence-electron chi connectivity index (χ0n) is 16.7. The van der Waals surface area contributed by atoms with Crippen molar-refractivity contribution in [3.05, 3.63) is 40.6 Å². The first kappa shape index (κ1) is 21.8. The van der Waals surface area contributed by atoms with Crippen molar-refractivity contribution in [1.82, 2.24) is 4.90 Å². The van der Waals surface area contributed by atoms with Crippen molar-refractivity contribution in [3.8, 4) is 0 Å². The number of para-hydroxylation sites is 1. The Labute approximate surface area is 178 Å². The largest absolute Gasteiger partial charge is 0.478 e. The normalized spacial score (nSPS) is 15.2. The van der Waals surface area contributed by atoms with Crippen LogP contribution in [0.25, 0.3) is 0 Å². The molecule has 3 rings (SSSR count). The van der Waals surface area contributed by atoms with Gasteiger partial charge < -0.3 is 21.1 Å². The van der Waals surface area contributed by atoms with E-state index in [0.717, 1.165) is 24.2 Å². The van der Waals surface area contributed by atoms with Crippen molar-refractivity contribution < 1.29 is 25.0 Å². The monoisotopic (exact) mass is 432 g/mol. The molecule has 2 aromatic rings. The van der Waals surface area contributed by atoms with E-state index in [1.807, 2.05) is 29.2 Å². The first-order valence-electron chi connectivity index (χ1n) is 9.61. The Morgan fingerprint density at radius 2 is 2.07 bits per heavy atom. The molecule has 160 valence electrons. The van der Waals surface area contributed by atoms with Gasteiger partial charge in [0.1, 0.15) is 5.69 Å². The van der Waals surface area contributed by atoms with Gasteiger partial charge >= 0.3 is 5.97 Å². The number of nitrogens with two attached hydrogens (primary N) is 2. The van der Waals surface area contributed by atoms with Crippen LogP contribution in [0.1, 0.15) is 29.6 Å². The standard InChI is InChI=1S/C20H25N5O4S/c1-29-24-16-5-3-2-4-15(16)23-20(21)25-8-6-13(7-9-25)10-18(26)22-17-12-30-11-14(17)19(27)28/h2-5,11-13,24H,6-10H2,1H3,(H2,21,23)(H,22,26)(H,27,28)/p+1. The molecule has 0 aliphatic carbocycles. The molecule has 0 unspecified atom stereocenters. The number of amides is 1. The molecule has 30 heavy (non-hydrogen) atoms. The second kappa shape index (κ2) is 10.2. The van der Waals surface area contributed by atoms with Gasteiger partial charge in [0.15, 0.2) is 11.6 Å². The molecule has 10 heteroatoms. The number of carboxylic acid groups (broad SMARTS) is 1. The fourth-order valence-corrected chi connectivity index (χ4v) is 4.15. The Balaban J connectivity index is 1.52. The molecule has 9 nitrogen and oxygen atoms in total. The highest BCUT2D eigenvalue weighted by Gasteiger charge is 2.24. The predicted octanol–water partition coefficient (Wildman–Crippen LogP) is 1.89. The minimum atomic E-state index is -1.04. The predicted molar refractivity (Wildman–Crippen MR) is 115 cm³/mol. The number of nitrogens with one attached hydrogen (secondary N) is 1. The molecule has 0 spiro atoms. The third kappa shape index (κ3) is 5.56. The fourth-order valence-electron chi connectivity index (χ4n) is 3.40. The number of thiophene rings is 1. The minimum absolute atomic E-state index is 0.123.